The van der Waals surface area contributed by atoms with Gasteiger partial charge in [0.15, 0.2) is 11.1 Å². The Kier molecular flexibility index (Phi) is 7.76. The number of benzene rings is 1. The van der Waals surface area contributed by atoms with Gasteiger partial charge in [-0.05, 0) is 18.2 Å². The van der Waals surface area contributed by atoms with E-state index < -0.39 is 0 Å². The zero-order chi connectivity index (χ0) is 16.9. The third kappa shape index (κ3) is 5.20. The summed E-state index contributed by atoms with van der Waals surface area (Å²) in [5.74, 6) is 1.40. The van der Waals surface area contributed by atoms with Gasteiger partial charge in [0.25, 0.3) is 0 Å². The average molecular weight is 538 g/mol. The van der Waals surface area contributed by atoms with Gasteiger partial charge in [0.05, 0.1) is 13.7 Å². The summed E-state index contributed by atoms with van der Waals surface area (Å²) in [5.41, 5.74) is 7.19. The zero-order valence-corrected chi connectivity index (χ0v) is 18.6. The van der Waals surface area contributed by atoms with E-state index in [9.17, 15) is 0 Å². The molecule has 1 aromatic heterocycles. The number of aromatic nitrogens is 1. The van der Waals surface area contributed by atoms with Crippen LogP contribution in [0.3, 0.4) is 0 Å². The van der Waals surface area contributed by atoms with Crippen molar-refractivity contribution >= 4 is 62.3 Å². The van der Waals surface area contributed by atoms with Gasteiger partial charge in [-0.3, -0.25) is 0 Å². The molecule has 0 bridgehead atoms. The summed E-state index contributed by atoms with van der Waals surface area (Å²) in [6, 6.07) is 5.89. The number of guanidine groups is 1. The van der Waals surface area contributed by atoms with Crippen LogP contribution >= 0.6 is 51.2 Å². The van der Waals surface area contributed by atoms with Gasteiger partial charge in [0.1, 0.15) is 5.75 Å². The molecule has 136 valence electrons. The van der Waals surface area contributed by atoms with E-state index in [-0.39, 0.29) is 24.0 Å². The molecule has 0 amide bonds. The molecule has 3 rings (SSSR count). The SMILES string of the molecule is COc1ccc(Br)cc1CN=C(N)N1CCN(c2nccs2)CC1.I. The van der Waals surface area contributed by atoms with Gasteiger partial charge < -0.3 is 20.3 Å². The third-order valence-corrected chi connectivity index (χ3v) is 5.27. The second kappa shape index (κ2) is 9.58. The van der Waals surface area contributed by atoms with Crippen LogP contribution in [0.15, 0.2) is 39.2 Å². The van der Waals surface area contributed by atoms with E-state index >= 15 is 0 Å². The number of aliphatic imine (C=N–C) groups is 1. The zero-order valence-electron chi connectivity index (χ0n) is 13.9. The molecule has 0 unspecified atom stereocenters. The predicted octanol–water partition coefficient (Wildman–Crippen LogP) is 3.17. The second-order valence-electron chi connectivity index (χ2n) is 5.42. The van der Waals surface area contributed by atoms with Crippen LogP contribution < -0.4 is 15.4 Å². The Morgan fingerprint density at radius 2 is 2.12 bits per heavy atom. The number of nitrogens with two attached hydrogens (primary N) is 1. The Balaban J connectivity index is 0.00000225. The van der Waals surface area contributed by atoms with Crippen molar-refractivity contribution in [2.24, 2.45) is 10.7 Å². The van der Waals surface area contributed by atoms with Crippen molar-refractivity contribution in [3.8, 4) is 5.75 Å². The Bertz CT molecular complexity index is 705. The Labute approximate surface area is 177 Å². The van der Waals surface area contributed by atoms with Crippen LogP contribution in [0.4, 0.5) is 5.13 Å². The van der Waals surface area contributed by atoms with E-state index in [4.69, 9.17) is 10.5 Å². The minimum atomic E-state index is 0. The molecule has 6 nitrogen and oxygen atoms in total. The minimum absolute atomic E-state index is 0. The van der Waals surface area contributed by atoms with E-state index in [0.29, 0.717) is 12.5 Å². The fourth-order valence-electron chi connectivity index (χ4n) is 2.64. The van der Waals surface area contributed by atoms with Crippen molar-refractivity contribution in [2.75, 3.05) is 38.2 Å². The van der Waals surface area contributed by atoms with Crippen molar-refractivity contribution in [3.05, 3.63) is 39.8 Å². The number of hydrogen-bond donors (Lipinski definition) is 1. The second-order valence-corrected chi connectivity index (χ2v) is 7.21. The van der Waals surface area contributed by atoms with Crippen LogP contribution in [0.2, 0.25) is 0 Å². The average Bonchev–Trinajstić information content (AvgIpc) is 3.14. The Hall–Kier alpha value is -1.07. The monoisotopic (exact) mass is 537 g/mol. The van der Waals surface area contributed by atoms with Gasteiger partial charge in [-0.15, -0.1) is 35.3 Å². The van der Waals surface area contributed by atoms with E-state index in [1.807, 2.05) is 29.8 Å². The first-order valence-electron chi connectivity index (χ1n) is 7.69. The summed E-state index contributed by atoms with van der Waals surface area (Å²) in [6.07, 6.45) is 1.84. The maximum absolute atomic E-state index is 6.18. The quantitative estimate of drug-likeness (QED) is 0.368. The van der Waals surface area contributed by atoms with Gasteiger partial charge in [-0.2, -0.15) is 0 Å². The lowest BCUT2D eigenvalue weighted by atomic mass is 10.2. The number of nitrogens with zero attached hydrogens (tertiary/aromatic N) is 4. The van der Waals surface area contributed by atoms with Crippen LogP contribution in [-0.2, 0) is 6.54 Å². The minimum Gasteiger partial charge on any atom is -0.496 e. The molecule has 1 saturated heterocycles. The molecular formula is C16H21BrIN5OS. The normalized spacial score (nSPS) is 15.0. The van der Waals surface area contributed by atoms with Crippen LogP contribution in [0, 0.1) is 0 Å². The van der Waals surface area contributed by atoms with Crippen LogP contribution in [0.1, 0.15) is 5.56 Å². The summed E-state index contributed by atoms with van der Waals surface area (Å²) in [5, 5.41) is 3.08. The van der Waals surface area contributed by atoms with Crippen molar-refractivity contribution in [1.29, 1.82) is 0 Å². The van der Waals surface area contributed by atoms with Crippen molar-refractivity contribution in [1.82, 2.24) is 9.88 Å². The molecule has 9 heteroatoms. The maximum atomic E-state index is 6.18. The van der Waals surface area contributed by atoms with Gasteiger partial charge >= 0.3 is 0 Å². The molecule has 0 aliphatic carbocycles. The van der Waals surface area contributed by atoms with Crippen LogP contribution in [0.5, 0.6) is 5.75 Å². The smallest absolute Gasteiger partial charge is 0.191 e. The lowest BCUT2D eigenvalue weighted by Crippen LogP contribution is -2.51. The maximum Gasteiger partial charge on any atom is 0.191 e. The summed E-state index contributed by atoms with van der Waals surface area (Å²) in [4.78, 5) is 13.3. The molecule has 2 heterocycles. The molecule has 0 saturated carbocycles. The number of halogens is 2. The van der Waals surface area contributed by atoms with E-state index in [0.717, 1.165) is 47.1 Å². The molecule has 0 spiro atoms. The molecule has 1 aromatic carbocycles. The van der Waals surface area contributed by atoms with Gasteiger partial charge in [-0.25, -0.2) is 9.98 Å². The number of thiazole rings is 1. The summed E-state index contributed by atoms with van der Waals surface area (Å²) >= 11 is 5.15. The van der Waals surface area contributed by atoms with E-state index in [1.54, 1.807) is 18.4 Å². The van der Waals surface area contributed by atoms with Crippen molar-refractivity contribution in [3.63, 3.8) is 0 Å². The first-order chi connectivity index (χ1) is 11.7. The molecule has 0 atom stereocenters. The molecule has 2 aromatic rings. The molecule has 1 aliphatic rings. The highest BCUT2D eigenvalue weighted by Crippen LogP contribution is 2.24. The Morgan fingerprint density at radius 1 is 1.36 bits per heavy atom. The van der Waals surface area contributed by atoms with Crippen LogP contribution in [-0.4, -0.2) is 49.1 Å². The molecule has 0 radical (unpaired) electrons. The van der Waals surface area contributed by atoms with Gasteiger partial charge in [0.2, 0.25) is 0 Å². The first kappa shape index (κ1) is 20.2. The Morgan fingerprint density at radius 3 is 2.76 bits per heavy atom. The van der Waals surface area contributed by atoms with Gasteiger partial charge in [0, 0.05) is 47.8 Å². The fraction of sp³-hybridized carbons (Fsp3) is 0.375. The number of piperazine rings is 1. The lowest BCUT2D eigenvalue weighted by molar-refractivity contribution is 0.380. The molecule has 1 aliphatic heterocycles. The van der Waals surface area contributed by atoms with Crippen molar-refractivity contribution in [2.45, 2.75) is 6.54 Å². The van der Waals surface area contributed by atoms with E-state index in [1.165, 1.54) is 0 Å². The highest BCUT2D eigenvalue weighted by molar-refractivity contribution is 14.0. The topological polar surface area (TPSA) is 67.0 Å². The van der Waals surface area contributed by atoms with Crippen LogP contribution in [0.25, 0.3) is 0 Å². The number of anilines is 1. The fourth-order valence-corrected chi connectivity index (χ4v) is 3.74. The summed E-state index contributed by atoms with van der Waals surface area (Å²) < 4.78 is 6.38. The standard InChI is InChI=1S/C16H20BrN5OS.HI/c1-23-14-3-2-13(17)10-12(14)11-20-15(18)21-5-7-22(8-6-21)16-19-4-9-24-16;/h2-4,9-10H,5-8,11H2,1H3,(H2,18,20);1H. The third-order valence-electron chi connectivity index (χ3n) is 3.95. The number of hydrogen-bond acceptors (Lipinski definition) is 5. The summed E-state index contributed by atoms with van der Waals surface area (Å²) in [7, 11) is 1.66. The first-order valence-corrected chi connectivity index (χ1v) is 9.36. The molecule has 2 N–H and O–H groups in total. The molecule has 25 heavy (non-hydrogen) atoms. The molecule has 1 fully saturated rings. The highest BCUT2D eigenvalue weighted by Gasteiger charge is 2.19. The highest BCUT2D eigenvalue weighted by atomic mass is 127. The van der Waals surface area contributed by atoms with E-state index in [2.05, 4.69) is 35.7 Å². The predicted molar refractivity (Wildman–Crippen MR) is 117 cm³/mol. The number of rotatable bonds is 4. The van der Waals surface area contributed by atoms with Crippen molar-refractivity contribution < 1.29 is 4.74 Å². The van der Waals surface area contributed by atoms with Gasteiger partial charge in [-0.1, -0.05) is 15.9 Å². The number of ether oxygens (including phenoxy) is 1. The largest absolute Gasteiger partial charge is 0.496 e. The molecular weight excluding hydrogens is 517 g/mol. The lowest BCUT2D eigenvalue weighted by Gasteiger charge is -2.35. The number of methoxy groups -OCH3 is 1. The summed E-state index contributed by atoms with van der Waals surface area (Å²) in [6.45, 7) is 4.02.